The van der Waals surface area contributed by atoms with Crippen LogP contribution in [0.2, 0.25) is 0 Å². The van der Waals surface area contributed by atoms with Crippen molar-refractivity contribution in [3.8, 4) is 0 Å². The van der Waals surface area contributed by atoms with Crippen LogP contribution in [-0.2, 0) is 4.79 Å². The lowest BCUT2D eigenvalue weighted by molar-refractivity contribution is -0.113. The molecule has 134 valence electrons. The highest BCUT2D eigenvalue weighted by Gasteiger charge is 2.13. The van der Waals surface area contributed by atoms with Crippen molar-refractivity contribution < 1.29 is 9.21 Å². The summed E-state index contributed by atoms with van der Waals surface area (Å²) in [6.07, 6.45) is 8.53. The fraction of sp³-hybridized carbons (Fsp3) is 0.0556. The van der Waals surface area contributed by atoms with Crippen LogP contribution < -0.4 is 21.7 Å². The van der Waals surface area contributed by atoms with E-state index in [0.29, 0.717) is 28.2 Å². The highest BCUT2D eigenvalue weighted by Crippen LogP contribution is 2.21. The zero-order chi connectivity index (χ0) is 18.9. The number of anilines is 2. The summed E-state index contributed by atoms with van der Waals surface area (Å²) in [5.41, 5.74) is 8.48. The Kier molecular flexibility index (Phi) is 6.33. The van der Waals surface area contributed by atoms with E-state index in [2.05, 4.69) is 16.0 Å². The Balaban J connectivity index is 2.17. The highest BCUT2D eigenvalue weighted by atomic mass is 16.3. The lowest BCUT2D eigenvalue weighted by Gasteiger charge is -2.12. The molecule has 8 nitrogen and oxygen atoms in total. The summed E-state index contributed by atoms with van der Waals surface area (Å²) in [5, 5.41) is 23.4. The Morgan fingerprint density at radius 1 is 1.31 bits per heavy atom. The van der Waals surface area contributed by atoms with Gasteiger partial charge in [0.1, 0.15) is 5.70 Å². The highest BCUT2D eigenvalue weighted by molar-refractivity contribution is 6.14. The molecule has 0 spiro atoms. The first kappa shape index (κ1) is 18.5. The number of furan rings is 1. The van der Waals surface area contributed by atoms with E-state index >= 15 is 0 Å². The monoisotopic (exact) mass is 352 g/mol. The van der Waals surface area contributed by atoms with Gasteiger partial charge in [0.2, 0.25) is 0 Å². The number of rotatable bonds is 8. The van der Waals surface area contributed by atoms with Gasteiger partial charge in [0, 0.05) is 48.2 Å². The summed E-state index contributed by atoms with van der Waals surface area (Å²) in [6.45, 7) is 0. The lowest BCUT2D eigenvalue weighted by atomic mass is 10.0. The fourth-order valence-electron chi connectivity index (χ4n) is 2.10. The van der Waals surface area contributed by atoms with Crippen molar-refractivity contribution in [1.29, 1.82) is 10.8 Å². The third kappa shape index (κ3) is 4.60. The molecular weight excluding hydrogens is 332 g/mol. The van der Waals surface area contributed by atoms with Gasteiger partial charge in [-0.2, -0.15) is 0 Å². The van der Waals surface area contributed by atoms with Crippen molar-refractivity contribution in [2.45, 2.75) is 0 Å². The zero-order valence-corrected chi connectivity index (χ0v) is 14.2. The minimum Gasteiger partial charge on any atom is -0.472 e. The van der Waals surface area contributed by atoms with Gasteiger partial charge in [0.15, 0.2) is 0 Å². The van der Waals surface area contributed by atoms with E-state index in [1.165, 1.54) is 31.0 Å². The van der Waals surface area contributed by atoms with Crippen LogP contribution in [-0.4, -0.2) is 24.9 Å². The third-order valence-corrected chi connectivity index (χ3v) is 3.42. The number of nitrogens with one attached hydrogen (secondary N) is 5. The van der Waals surface area contributed by atoms with E-state index in [9.17, 15) is 4.79 Å². The molecule has 0 aliphatic carbocycles. The maximum atomic E-state index is 12.4. The molecule has 2 aromatic rings. The SMILES string of the molecule is CN/C(=C\N/C=C\C=N)C(=O)Nc1ccc(N)c(C(=N)c2ccoc2)c1. The molecular formula is C18H20N6O2. The number of hydrogen-bond donors (Lipinski definition) is 6. The molecule has 0 atom stereocenters. The van der Waals surface area contributed by atoms with Gasteiger partial charge in [-0.25, -0.2) is 0 Å². The molecule has 0 unspecified atom stereocenters. The lowest BCUT2D eigenvalue weighted by Crippen LogP contribution is -2.24. The molecule has 1 aromatic heterocycles. The summed E-state index contributed by atoms with van der Waals surface area (Å²) < 4.78 is 5.00. The van der Waals surface area contributed by atoms with Crippen molar-refractivity contribution in [2.75, 3.05) is 18.1 Å². The maximum Gasteiger partial charge on any atom is 0.273 e. The number of allylic oxidation sites excluding steroid dienone is 1. The fourth-order valence-corrected chi connectivity index (χ4v) is 2.10. The molecule has 26 heavy (non-hydrogen) atoms. The molecule has 0 radical (unpaired) electrons. The van der Waals surface area contributed by atoms with Gasteiger partial charge >= 0.3 is 0 Å². The standard InChI is InChI=1S/C18H20N6O2/c1-22-16(10-23-7-2-6-19)18(25)24-13-3-4-15(20)14(9-13)17(21)12-5-8-26-11-12/h2-11,19,21-23H,20H2,1H3,(H,24,25)/b7-2-,16-10-,19-6?,21-17?. The van der Waals surface area contributed by atoms with Crippen molar-refractivity contribution >= 4 is 29.2 Å². The van der Waals surface area contributed by atoms with Crippen LogP contribution in [0.1, 0.15) is 11.1 Å². The number of nitrogens with two attached hydrogens (primary N) is 1. The average molecular weight is 352 g/mol. The van der Waals surface area contributed by atoms with Crippen molar-refractivity contribution in [1.82, 2.24) is 10.6 Å². The minimum absolute atomic E-state index is 0.204. The molecule has 1 amide bonds. The van der Waals surface area contributed by atoms with Gasteiger partial charge < -0.3 is 31.5 Å². The van der Waals surface area contributed by atoms with E-state index in [1.54, 1.807) is 31.3 Å². The minimum atomic E-state index is -0.367. The second-order valence-electron chi connectivity index (χ2n) is 5.14. The normalized spacial score (nSPS) is 11.2. The molecule has 1 aromatic carbocycles. The van der Waals surface area contributed by atoms with Crippen LogP contribution in [0.5, 0.6) is 0 Å². The molecule has 1 heterocycles. The van der Waals surface area contributed by atoms with Crippen LogP contribution in [0.15, 0.2) is 65.4 Å². The van der Waals surface area contributed by atoms with Gasteiger partial charge in [0.05, 0.1) is 18.2 Å². The van der Waals surface area contributed by atoms with E-state index < -0.39 is 0 Å². The molecule has 0 aliphatic heterocycles. The van der Waals surface area contributed by atoms with Crippen LogP contribution in [0.4, 0.5) is 11.4 Å². The smallest absolute Gasteiger partial charge is 0.273 e. The predicted octanol–water partition coefficient (Wildman–Crippen LogP) is 2.03. The number of hydrogen-bond acceptors (Lipinski definition) is 7. The van der Waals surface area contributed by atoms with E-state index in [1.807, 2.05) is 0 Å². The van der Waals surface area contributed by atoms with Crippen LogP contribution in [0.25, 0.3) is 0 Å². The maximum absolute atomic E-state index is 12.4. The molecule has 2 rings (SSSR count). The van der Waals surface area contributed by atoms with Gasteiger partial charge in [-0.1, -0.05) is 0 Å². The molecule has 8 heteroatoms. The number of benzene rings is 1. The zero-order valence-electron chi connectivity index (χ0n) is 14.2. The number of amides is 1. The summed E-state index contributed by atoms with van der Waals surface area (Å²) in [4.78, 5) is 12.4. The first-order valence-electron chi connectivity index (χ1n) is 7.68. The van der Waals surface area contributed by atoms with Gasteiger partial charge in [0.25, 0.3) is 5.91 Å². The molecule has 0 bridgehead atoms. The molecule has 0 fully saturated rings. The Morgan fingerprint density at radius 2 is 2.12 bits per heavy atom. The first-order chi connectivity index (χ1) is 12.6. The van der Waals surface area contributed by atoms with Gasteiger partial charge in [-0.3, -0.25) is 10.2 Å². The summed E-state index contributed by atoms with van der Waals surface area (Å²) in [6, 6.07) is 6.60. The largest absolute Gasteiger partial charge is 0.472 e. The number of carbonyl (C=O) groups is 1. The number of carbonyl (C=O) groups excluding carboxylic acids is 1. The third-order valence-electron chi connectivity index (χ3n) is 3.42. The van der Waals surface area contributed by atoms with E-state index in [-0.39, 0.29) is 11.6 Å². The van der Waals surface area contributed by atoms with Gasteiger partial charge in [-0.15, -0.1) is 0 Å². The Bertz CT molecular complexity index is 853. The van der Waals surface area contributed by atoms with Crippen LogP contribution in [0.3, 0.4) is 0 Å². The van der Waals surface area contributed by atoms with Crippen molar-refractivity contribution in [2.24, 2.45) is 0 Å². The Morgan fingerprint density at radius 3 is 2.77 bits per heavy atom. The van der Waals surface area contributed by atoms with E-state index in [4.69, 9.17) is 21.0 Å². The topological polar surface area (TPSA) is 140 Å². The molecule has 0 saturated heterocycles. The van der Waals surface area contributed by atoms with Gasteiger partial charge in [-0.05, 0) is 30.3 Å². The predicted molar refractivity (Wildman–Crippen MR) is 102 cm³/mol. The molecule has 0 aliphatic rings. The molecule has 7 N–H and O–H groups in total. The number of likely N-dealkylation sites (N-methyl/N-ethyl adjacent to an activating group) is 1. The summed E-state index contributed by atoms with van der Waals surface area (Å²) >= 11 is 0. The Hall–Kier alpha value is -3.81. The second-order valence-corrected chi connectivity index (χ2v) is 5.14. The quantitative estimate of drug-likeness (QED) is 0.245. The van der Waals surface area contributed by atoms with Crippen LogP contribution in [0, 0.1) is 10.8 Å². The summed E-state index contributed by atoms with van der Waals surface area (Å²) in [5.74, 6) is -0.367. The number of nitrogen functional groups attached to an aromatic ring is 1. The van der Waals surface area contributed by atoms with E-state index in [0.717, 1.165) is 6.21 Å². The first-order valence-corrected chi connectivity index (χ1v) is 7.68. The molecule has 0 saturated carbocycles. The van der Waals surface area contributed by atoms with Crippen molar-refractivity contribution in [3.05, 3.63) is 72.1 Å². The average Bonchev–Trinajstić information content (AvgIpc) is 3.17. The van der Waals surface area contributed by atoms with Crippen molar-refractivity contribution in [3.63, 3.8) is 0 Å². The summed E-state index contributed by atoms with van der Waals surface area (Å²) in [7, 11) is 1.62. The second kappa shape index (κ2) is 8.88. The van der Waals surface area contributed by atoms with Crippen LogP contribution >= 0.6 is 0 Å². The Labute approximate surface area is 150 Å².